The van der Waals surface area contributed by atoms with Crippen LogP contribution in [0.25, 0.3) is 0 Å². The molecule has 0 aliphatic heterocycles. The Kier molecular flexibility index (Phi) is 4.66. The molecule has 0 atom stereocenters. The van der Waals surface area contributed by atoms with Crippen LogP contribution >= 0.6 is 0 Å². The molecule has 0 heterocycles. The number of nitriles is 1. The van der Waals surface area contributed by atoms with Crippen LogP contribution in [0.3, 0.4) is 0 Å². The number of allylic oxidation sites excluding steroid dienone is 2. The highest BCUT2D eigenvalue weighted by molar-refractivity contribution is 4.92. The van der Waals surface area contributed by atoms with Crippen molar-refractivity contribution in [1.29, 1.82) is 5.26 Å². The molecule has 0 N–H and O–H groups in total. The highest BCUT2D eigenvalue weighted by Crippen LogP contribution is 2.41. The lowest BCUT2D eigenvalue weighted by Crippen LogP contribution is -2.25. The van der Waals surface area contributed by atoms with Gasteiger partial charge in [0.15, 0.2) is 0 Å². The quantitative estimate of drug-likeness (QED) is 0.632. The zero-order chi connectivity index (χ0) is 12.1. The van der Waals surface area contributed by atoms with E-state index in [4.69, 9.17) is 5.26 Å². The van der Waals surface area contributed by atoms with E-state index in [1.807, 2.05) is 0 Å². The first-order chi connectivity index (χ1) is 8.33. The minimum Gasteiger partial charge on any atom is -0.198 e. The van der Waals surface area contributed by atoms with Crippen molar-refractivity contribution in [3.05, 3.63) is 12.2 Å². The van der Waals surface area contributed by atoms with Crippen LogP contribution in [-0.4, -0.2) is 0 Å². The van der Waals surface area contributed by atoms with Gasteiger partial charge in [-0.1, -0.05) is 12.2 Å². The highest BCUT2D eigenvalue weighted by atomic mass is 14.4. The van der Waals surface area contributed by atoms with Gasteiger partial charge in [0, 0.05) is 5.92 Å². The van der Waals surface area contributed by atoms with E-state index in [1.54, 1.807) is 0 Å². The average Bonchev–Trinajstić information content (AvgIpc) is 2.40. The van der Waals surface area contributed by atoms with E-state index in [2.05, 4.69) is 25.1 Å². The molecule has 0 aromatic heterocycles. The van der Waals surface area contributed by atoms with Crippen LogP contribution in [0.4, 0.5) is 0 Å². The molecule has 0 bridgehead atoms. The summed E-state index contributed by atoms with van der Waals surface area (Å²) >= 11 is 0. The van der Waals surface area contributed by atoms with Crippen LogP contribution < -0.4 is 0 Å². The Morgan fingerprint density at radius 3 is 1.88 bits per heavy atom. The molecular weight excluding hydrogens is 206 g/mol. The predicted molar refractivity (Wildman–Crippen MR) is 71.3 cm³/mol. The minimum absolute atomic E-state index is 0.366. The molecule has 94 valence electrons. The Bertz CT molecular complexity index is 283. The Labute approximate surface area is 106 Å². The Hall–Kier alpha value is -0.770. The van der Waals surface area contributed by atoms with Gasteiger partial charge in [-0.15, -0.1) is 0 Å². The smallest absolute Gasteiger partial charge is 0.0655 e. The predicted octanol–water partition coefficient (Wildman–Crippen LogP) is 4.70. The van der Waals surface area contributed by atoms with Crippen LogP contribution in [-0.2, 0) is 0 Å². The molecule has 0 aromatic carbocycles. The second-order valence-corrected chi connectivity index (χ2v) is 5.94. The van der Waals surface area contributed by atoms with Crippen molar-refractivity contribution in [2.45, 2.75) is 58.3 Å². The third kappa shape index (κ3) is 3.35. The lowest BCUT2D eigenvalue weighted by molar-refractivity contribution is 0.168. The lowest BCUT2D eigenvalue weighted by atomic mass is 9.69. The van der Waals surface area contributed by atoms with E-state index >= 15 is 0 Å². The fourth-order valence-corrected chi connectivity index (χ4v) is 3.80. The number of nitrogens with zero attached hydrogens (tertiary/aromatic N) is 1. The van der Waals surface area contributed by atoms with Gasteiger partial charge >= 0.3 is 0 Å². The molecule has 0 amide bonds. The van der Waals surface area contributed by atoms with Crippen molar-refractivity contribution in [2.24, 2.45) is 23.7 Å². The maximum absolute atomic E-state index is 8.92. The number of hydrogen-bond acceptors (Lipinski definition) is 1. The van der Waals surface area contributed by atoms with Crippen LogP contribution in [0.5, 0.6) is 0 Å². The van der Waals surface area contributed by atoms with Gasteiger partial charge in [-0.05, 0) is 76.0 Å². The summed E-state index contributed by atoms with van der Waals surface area (Å²) in [5.41, 5.74) is 0. The van der Waals surface area contributed by atoms with E-state index < -0.39 is 0 Å². The molecule has 0 saturated heterocycles. The molecular formula is C16H25N. The Morgan fingerprint density at radius 1 is 0.882 bits per heavy atom. The second kappa shape index (κ2) is 6.24. The Balaban J connectivity index is 1.76. The van der Waals surface area contributed by atoms with Gasteiger partial charge in [0.05, 0.1) is 6.07 Å². The highest BCUT2D eigenvalue weighted by Gasteiger charge is 2.30. The summed E-state index contributed by atoms with van der Waals surface area (Å²) in [6.07, 6.45) is 15.2. The molecule has 0 unspecified atom stereocenters. The van der Waals surface area contributed by atoms with Crippen molar-refractivity contribution < 1.29 is 0 Å². The first kappa shape index (κ1) is 12.7. The Morgan fingerprint density at radius 2 is 1.41 bits per heavy atom. The average molecular weight is 231 g/mol. The monoisotopic (exact) mass is 231 g/mol. The molecule has 17 heavy (non-hydrogen) atoms. The topological polar surface area (TPSA) is 23.8 Å². The van der Waals surface area contributed by atoms with Crippen molar-refractivity contribution in [2.75, 3.05) is 0 Å². The van der Waals surface area contributed by atoms with E-state index in [9.17, 15) is 0 Å². The molecule has 0 aromatic rings. The van der Waals surface area contributed by atoms with Gasteiger partial charge in [0.2, 0.25) is 0 Å². The maximum atomic E-state index is 8.92. The van der Waals surface area contributed by atoms with Crippen molar-refractivity contribution in [3.63, 3.8) is 0 Å². The van der Waals surface area contributed by atoms with E-state index in [1.165, 1.54) is 38.5 Å². The van der Waals surface area contributed by atoms with Crippen LogP contribution in [0.15, 0.2) is 12.2 Å². The van der Waals surface area contributed by atoms with Crippen LogP contribution in [0.1, 0.15) is 58.3 Å². The largest absolute Gasteiger partial charge is 0.198 e. The van der Waals surface area contributed by atoms with Crippen LogP contribution in [0, 0.1) is 35.0 Å². The number of hydrogen-bond donors (Lipinski definition) is 0. The molecule has 2 aliphatic carbocycles. The molecule has 2 saturated carbocycles. The summed E-state index contributed by atoms with van der Waals surface area (Å²) in [4.78, 5) is 0. The molecule has 0 radical (unpaired) electrons. The van der Waals surface area contributed by atoms with Gasteiger partial charge in [-0.25, -0.2) is 0 Å². The lowest BCUT2D eigenvalue weighted by Gasteiger charge is -2.36. The SMILES string of the molecule is C/C=C\C1CCC(C2CCC(C#N)CC2)CC1. The third-order valence-corrected chi connectivity index (χ3v) is 4.90. The summed E-state index contributed by atoms with van der Waals surface area (Å²) in [5.74, 6) is 3.12. The zero-order valence-electron chi connectivity index (χ0n) is 11.1. The summed E-state index contributed by atoms with van der Waals surface area (Å²) in [7, 11) is 0. The molecule has 2 rings (SSSR count). The number of rotatable bonds is 2. The van der Waals surface area contributed by atoms with Gasteiger partial charge in [-0.2, -0.15) is 5.26 Å². The molecule has 0 spiro atoms. The standard InChI is InChI=1S/C16H25N/c1-2-3-13-4-8-15(9-5-13)16-10-6-14(12-17)7-11-16/h2-3,13-16H,4-11H2,1H3/b3-2-. The van der Waals surface area contributed by atoms with Crippen LogP contribution in [0.2, 0.25) is 0 Å². The van der Waals surface area contributed by atoms with Crippen molar-refractivity contribution >= 4 is 0 Å². The van der Waals surface area contributed by atoms with Crippen molar-refractivity contribution in [1.82, 2.24) is 0 Å². The van der Waals surface area contributed by atoms with E-state index in [-0.39, 0.29) is 0 Å². The summed E-state index contributed by atoms with van der Waals surface area (Å²) in [6, 6.07) is 2.44. The molecule has 1 heteroatoms. The van der Waals surface area contributed by atoms with E-state index in [0.717, 1.165) is 30.6 Å². The fraction of sp³-hybridized carbons (Fsp3) is 0.812. The van der Waals surface area contributed by atoms with Gasteiger partial charge in [-0.3, -0.25) is 0 Å². The maximum Gasteiger partial charge on any atom is 0.0655 e. The molecule has 2 aliphatic rings. The van der Waals surface area contributed by atoms with Gasteiger partial charge in [0.1, 0.15) is 0 Å². The molecule has 2 fully saturated rings. The normalized spacial score (nSPS) is 39.1. The second-order valence-electron chi connectivity index (χ2n) is 5.94. The summed E-state index contributed by atoms with van der Waals surface area (Å²) < 4.78 is 0. The minimum atomic E-state index is 0.366. The molecule has 1 nitrogen and oxygen atoms in total. The first-order valence-corrected chi connectivity index (χ1v) is 7.36. The van der Waals surface area contributed by atoms with Crippen molar-refractivity contribution in [3.8, 4) is 6.07 Å². The zero-order valence-corrected chi connectivity index (χ0v) is 11.1. The first-order valence-electron chi connectivity index (χ1n) is 7.36. The summed E-state index contributed by atoms with van der Waals surface area (Å²) in [6.45, 7) is 2.13. The summed E-state index contributed by atoms with van der Waals surface area (Å²) in [5, 5.41) is 8.92. The van der Waals surface area contributed by atoms with Gasteiger partial charge < -0.3 is 0 Å². The fourth-order valence-electron chi connectivity index (χ4n) is 3.80. The third-order valence-electron chi connectivity index (χ3n) is 4.90. The van der Waals surface area contributed by atoms with Gasteiger partial charge in [0.25, 0.3) is 0 Å². The van der Waals surface area contributed by atoms with E-state index in [0.29, 0.717) is 5.92 Å².